The molecule has 3 rings (SSSR count). The summed E-state index contributed by atoms with van der Waals surface area (Å²) in [5, 5.41) is 9.16. The Hall–Kier alpha value is -2.42. The van der Waals surface area contributed by atoms with E-state index in [9.17, 15) is 18.0 Å². The largest absolute Gasteiger partial charge is 0.480 e. The Balaban J connectivity index is 1.59. The molecule has 26 heavy (non-hydrogen) atoms. The Morgan fingerprint density at radius 1 is 1.35 bits per heavy atom. The molecule has 0 saturated carbocycles. The van der Waals surface area contributed by atoms with Crippen LogP contribution in [0.2, 0.25) is 0 Å². The molecule has 1 aromatic carbocycles. The van der Waals surface area contributed by atoms with Gasteiger partial charge in [0.25, 0.3) is 10.0 Å². The highest BCUT2D eigenvalue weighted by molar-refractivity contribution is 7.90. The van der Waals surface area contributed by atoms with Gasteiger partial charge in [-0.15, -0.1) is 4.40 Å². The Morgan fingerprint density at radius 2 is 2.08 bits per heavy atom. The van der Waals surface area contributed by atoms with Crippen LogP contribution in [0.15, 0.2) is 33.6 Å². The van der Waals surface area contributed by atoms with Gasteiger partial charge in [-0.3, -0.25) is 4.79 Å². The zero-order valence-corrected chi connectivity index (χ0v) is 15.3. The van der Waals surface area contributed by atoms with Crippen LogP contribution in [-0.2, 0) is 19.6 Å². The number of likely N-dealkylation sites (tertiary alicyclic amines) is 1. The topological polar surface area (TPSA) is 107 Å². The molecule has 1 aromatic rings. The van der Waals surface area contributed by atoms with Crippen molar-refractivity contribution in [3.63, 3.8) is 0 Å². The van der Waals surface area contributed by atoms with Crippen LogP contribution in [0.5, 0.6) is 0 Å². The Labute approximate surface area is 152 Å². The molecule has 2 aliphatic rings. The number of amides is 1. The number of fused-ring (bicyclic) bond motifs is 1. The number of carboxylic acid groups (broad SMARTS) is 1. The first-order valence-electron chi connectivity index (χ1n) is 8.49. The first kappa shape index (κ1) is 18.4. The van der Waals surface area contributed by atoms with Crippen LogP contribution >= 0.6 is 0 Å². The number of carbonyl (C=O) groups is 2. The maximum Gasteiger partial charge on any atom is 0.326 e. The van der Waals surface area contributed by atoms with Crippen molar-refractivity contribution >= 4 is 27.7 Å². The van der Waals surface area contributed by atoms with Gasteiger partial charge in [0.05, 0.1) is 0 Å². The summed E-state index contributed by atoms with van der Waals surface area (Å²) < 4.78 is 28.0. The SMILES string of the molecule is CN(CCCC(=O)N1CCC[C@H]1C(=O)O)C1=NS(=O)(=O)c2ccccc21. The van der Waals surface area contributed by atoms with E-state index in [1.807, 2.05) is 0 Å². The minimum atomic E-state index is -3.67. The quantitative estimate of drug-likeness (QED) is 0.815. The fraction of sp³-hybridized carbons (Fsp3) is 0.471. The molecule has 1 N–H and O–H groups in total. The second-order valence-electron chi connectivity index (χ2n) is 6.49. The van der Waals surface area contributed by atoms with Gasteiger partial charge in [0.2, 0.25) is 5.91 Å². The van der Waals surface area contributed by atoms with Gasteiger partial charge in [-0.25, -0.2) is 4.79 Å². The molecule has 140 valence electrons. The summed E-state index contributed by atoms with van der Waals surface area (Å²) in [7, 11) is -1.93. The second-order valence-corrected chi connectivity index (χ2v) is 8.07. The predicted molar refractivity (Wildman–Crippen MR) is 94.4 cm³/mol. The Morgan fingerprint density at radius 3 is 2.81 bits per heavy atom. The van der Waals surface area contributed by atoms with Crippen LogP contribution in [-0.4, -0.2) is 67.2 Å². The van der Waals surface area contributed by atoms with Crippen LogP contribution in [0.1, 0.15) is 31.2 Å². The number of aliphatic carboxylic acids is 1. The van der Waals surface area contributed by atoms with Crippen LogP contribution in [0, 0.1) is 0 Å². The van der Waals surface area contributed by atoms with E-state index in [-0.39, 0.29) is 17.2 Å². The Kier molecular flexibility index (Phi) is 4.99. The van der Waals surface area contributed by atoms with Crippen molar-refractivity contribution in [2.45, 2.75) is 36.6 Å². The van der Waals surface area contributed by atoms with E-state index in [1.165, 1.54) is 11.0 Å². The van der Waals surface area contributed by atoms with E-state index in [2.05, 4.69) is 4.40 Å². The van der Waals surface area contributed by atoms with Crippen molar-refractivity contribution in [2.24, 2.45) is 4.40 Å². The number of benzene rings is 1. The third-order valence-corrected chi connectivity index (χ3v) is 6.04. The van der Waals surface area contributed by atoms with Crippen molar-refractivity contribution in [1.82, 2.24) is 9.80 Å². The van der Waals surface area contributed by atoms with Gasteiger partial charge in [-0.1, -0.05) is 12.1 Å². The lowest BCUT2D eigenvalue weighted by Crippen LogP contribution is -2.40. The molecule has 1 saturated heterocycles. The smallest absolute Gasteiger partial charge is 0.326 e. The number of amidine groups is 1. The highest BCUT2D eigenvalue weighted by atomic mass is 32.2. The minimum Gasteiger partial charge on any atom is -0.480 e. The van der Waals surface area contributed by atoms with Gasteiger partial charge in [0.15, 0.2) is 0 Å². The van der Waals surface area contributed by atoms with Crippen molar-refractivity contribution in [3.8, 4) is 0 Å². The number of sulfonamides is 1. The van der Waals surface area contributed by atoms with Crippen LogP contribution in [0.25, 0.3) is 0 Å². The molecule has 2 aliphatic heterocycles. The van der Waals surface area contributed by atoms with E-state index in [1.54, 1.807) is 30.1 Å². The van der Waals surface area contributed by atoms with Crippen molar-refractivity contribution in [2.75, 3.05) is 20.1 Å². The average Bonchev–Trinajstić information content (AvgIpc) is 3.18. The zero-order valence-electron chi connectivity index (χ0n) is 14.5. The molecule has 0 spiro atoms. The molecule has 1 fully saturated rings. The normalized spacial score (nSPS) is 20.6. The fourth-order valence-corrected chi connectivity index (χ4v) is 4.65. The zero-order chi connectivity index (χ0) is 18.9. The van der Waals surface area contributed by atoms with Gasteiger partial charge in [0.1, 0.15) is 16.8 Å². The summed E-state index contributed by atoms with van der Waals surface area (Å²) in [4.78, 5) is 26.8. The molecule has 2 heterocycles. The van der Waals surface area contributed by atoms with E-state index in [0.717, 1.165) is 0 Å². The van der Waals surface area contributed by atoms with Crippen molar-refractivity contribution in [3.05, 3.63) is 29.8 Å². The molecule has 0 aliphatic carbocycles. The minimum absolute atomic E-state index is 0.176. The highest BCUT2D eigenvalue weighted by Gasteiger charge is 2.34. The molecule has 8 nitrogen and oxygen atoms in total. The van der Waals surface area contributed by atoms with Crippen molar-refractivity contribution in [1.29, 1.82) is 0 Å². The maximum absolute atomic E-state index is 12.3. The van der Waals surface area contributed by atoms with E-state index < -0.39 is 22.0 Å². The number of carboxylic acids is 1. The lowest BCUT2D eigenvalue weighted by molar-refractivity contribution is -0.148. The monoisotopic (exact) mass is 379 g/mol. The van der Waals surface area contributed by atoms with Crippen molar-refractivity contribution < 1.29 is 23.1 Å². The van der Waals surface area contributed by atoms with E-state index >= 15 is 0 Å². The molecule has 9 heteroatoms. The van der Waals surface area contributed by atoms with Gasteiger partial charge in [-0.05, 0) is 31.4 Å². The van der Waals surface area contributed by atoms with Crippen LogP contribution in [0.4, 0.5) is 0 Å². The summed E-state index contributed by atoms with van der Waals surface area (Å²) in [5.41, 5.74) is 0.562. The third-order valence-electron chi connectivity index (χ3n) is 4.72. The van der Waals surface area contributed by atoms with Gasteiger partial charge in [0, 0.05) is 32.1 Å². The molecular weight excluding hydrogens is 358 g/mol. The van der Waals surface area contributed by atoms with E-state index in [0.29, 0.717) is 43.8 Å². The molecule has 0 unspecified atom stereocenters. The Bertz CT molecular complexity index is 865. The van der Waals surface area contributed by atoms with E-state index in [4.69, 9.17) is 5.11 Å². The summed E-state index contributed by atoms with van der Waals surface area (Å²) in [6, 6.07) is 5.92. The molecular formula is C17H21N3O5S. The predicted octanol–water partition coefficient (Wildman–Crippen LogP) is 0.923. The lowest BCUT2D eigenvalue weighted by Gasteiger charge is -2.23. The fourth-order valence-electron chi connectivity index (χ4n) is 3.40. The van der Waals surface area contributed by atoms with Crippen LogP contribution < -0.4 is 0 Å². The summed E-state index contributed by atoms with van der Waals surface area (Å²) in [5.74, 6) is -0.766. The number of rotatable bonds is 5. The van der Waals surface area contributed by atoms with Gasteiger partial charge < -0.3 is 14.9 Å². The van der Waals surface area contributed by atoms with Gasteiger partial charge in [-0.2, -0.15) is 8.42 Å². The molecule has 0 aromatic heterocycles. The number of hydrogen-bond acceptors (Lipinski definition) is 5. The number of nitrogens with zero attached hydrogens (tertiary/aromatic N) is 3. The van der Waals surface area contributed by atoms with Gasteiger partial charge >= 0.3 is 5.97 Å². The summed E-state index contributed by atoms with van der Waals surface area (Å²) >= 11 is 0. The molecule has 0 bridgehead atoms. The highest BCUT2D eigenvalue weighted by Crippen LogP contribution is 2.27. The maximum atomic E-state index is 12.3. The molecule has 1 amide bonds. The van der Waals surface area contributed by atoms with Crippen LogP contribution in [0.3, 0.4) is 0 Å². The molecule has 1 atom stereocenters. The summed E-state index contributed by atoms with van der Waals surface area (Å²) in [6.07, 6.45) is 1.90. The number of carbonyl (C=O) groups excluding carboxylic acids is 1. The summed E-state index contributed by atoms with van der Waals surface area (Å²) in [6.45, 7) is 0.921. The number of hydrogen-bond donors (Lipinski definition) is 1. The second kappa shape index (κ2) is 7.06. The lowest BCUT2D eigenvalue weighted by atomic mass is 10.1. The molecule has 0 radical (unpaired) electrons. The third kappa shape index (κ3) is 3.44. The standard InChI is InChI=1S/C17H21N3O5S/c1-19(16-12-6-2-3-8-14(12)26(24,25)18-16)10-5-9-15(21)20-11-4-7-13(20)17(22)23/h2-3,6,8,13H,4-5,7,9-11H2,1H3,(H,22,23)/t13-/m0/s1. The first-order valence-corrected chi connectivity index (χ1v) is 9.93. The first-order chi connectivity index (χ1) is 12.3. The average molecular weight is 379 g/mol.